The van der Waals surface area contributed by atoms with E-state index in [9.17, 15) is 4.79 Å². The summed E-state index contributed by atoms with van der Waals surface area (Å²) in [7, 11) is 0. The van der Waals surface area contributed by atoms with E-state index in [1.54, 1.807) is 11.3 Å². The van der Waals surface area contributed by atoms with Crippen molar-refractivity contribution < 1.29 is 4.79 Å². The molecule has 2 N–H and O–H groups in total. The molecule has 1 amide bonds. The van der Waals surface area contributed by atoms with Crippen molar-refractivity contribution in [3.05, 3.63) is 10.6 Å². The van der Waals surface area contributed by atoms with Crippen LogP contribution in [0.1, 0.15) is 49.6 Å². The van der Waals surface area contributed by atoms with Crippen LogP contribution in [0.25, 0.3) is 0 Å². The third-order valence-corrected chi connectivity index (χ3v) is 5.44. The van der Waals surface area contributed by atoms with E-state index in [0.717, 1.165) is 36.4 Å². The second kappa shape index (κ2) is 6.88. The summed E-state index contributed by atoms with van der Waals surface area (Å²) in [6.07, 6.45) is 8.67. The molecule has 0 aromatic carbocycles. The molecule has 1 aromatic heterocycles. The van der Waals surface area contributed by atoms with Crippen molar-refractivity contribution in [2.24, 2.45) is 11.8 Å². The van der Waals surface area contributed by atoms with Crippen LogP contribution in [0.5, 0.6) is 0 Å². The van der Waals surface area contributed by atoms with Gasteiger partial charge in [-0.25, -0.2) is 4.98 Å². The number of carbonyl (C=O) groups is 1. The third-order valence-electron chi connectivity index (χ3n) is 4.40. The highest BCUT2D eigenvalue weighted by Gasteiger charge is 2.23. The summed E-state index contributed by atoms with van der Waals surface area (Å²) >= 11 is 1.67. The molecule has 116 valence electrons. The lowest BCUT2D eigenvalue weighted by Gasteiger charge is -2.19. The van der Waals surface area contributed by atoms with E-state index in [1.807, 2.05) is 0 Å². The maximum atomic E-state index is 11.9. The number of fused-ring (bicyclic) bond motifs is 1. The fourth-order valence-electron chi connectivity index (χ4n) is 3.03. The maximum absolute atomic E-state index is 11.9. The van der Waals surface area contributed by atoms with Crippen LogP contribution in [0, 0.1) is 11.8 Å². The van der Waals surface area contributed by atoms with E-state index in [0.29, 0.717) is 6.54 Å². The lowest BCUT2D eigenvalue weighted by molar-refractivity contribution is -0.115. The molecule has 0 bridgehead atoms. The number of anilines is 1. The number of carbonyl (C=O) groups excluding carboxylic acids is 1. The molecule has 3 rings (SSSR count). The van der Waals surface area contributed by atoms with E-state index >= 15 is 0 Å². The van der Waals surface area contributed by atoms with Gasteiger partial charge in [0.1, 0.15) is 0 Å². The van der Waals surface area contributed by atoms with Crippen LogP contribution in [0.15, 0.2) is 0 Å². The minimum absolute atomic E-state index is 0.0341. The summed E-state index contributed by atoms with van der Waals surface area (Å²) < 4.78 is 0. The largest absolute Gasteiger partial charge is 0.308 e. The number of aryl methyl sites for hydroxylation is 1. The Hall–Kier alpha value is -0.940. The first kappa shape index (κ1) is 15.0. The Kier molecular flexibility index (Phi) is 4.91. The molecule has 1 heterocycles. The van der Waals surface area contributed by atoms with Gasteiger partial charge in [0.15, 0.2) is 5.13 Å². The maximum Gasteiger partial charge on any atom is 0.240 e. The smallest absolute Gasteiger partial charge is 0.240 e. The average Bonchev–Trinajstić information content (AvgIpc) is 3.18. The highest BCUT2D eigenvalue weighted by molar-refractivity contribution is 7.15. The second-order valence-corrected chi connectivity index (χ2v) is 7.49. The first-order chi connectivity index (χ1) is 10.2. The number of nitrogens with zero attached hydrogens (tertiary/aromatic N) is 1. The molecule has 0 saturated heterocycles. The molecule has 0 spiro atoms. The number of aromatic nitrogens is 1. The molecule has 2 aliphatic rings. The van der Waals surface area contributed by atoms with Crippen LogP contribution in [0.4, 0.5) is 5.13 Å². The Morgan fingerprint density at radius 1 is 1.33 bits per heavy atom. The van der Waals surface area contributed by atoms with Gasteiger partial charge in [-0.3, -0.25) is 4.79 Å². The SMILES string of the molecule is CCCC1CCc2nc(NC(=O)CNCC3CC3)sc2C1. The average molecular weight is 307 g/mol. The molecule has 5 heteroatoms. The standard InChI is InChI=1S/C16H25N3OS/c1-2-3-11-6-7-13-14(8-11)21-16(18-13)19-15(20)10-17-9-12-4-5-12/h11-12,17H,2-10H2,1H3,(H,18,19,20). The van der Waals surface area contributed by atoms with E-state index in [4.69, 9.17) is 0 Å². The Bertz CT molecular complexity index is 496. The van der Waals surface area contributed by atoms with E-state index in [-0.39, 0.29) is 5.91 Å². The van der Waals surface area contributed by atoms with E-state index in [1.165, 1.54) is 42.7 Å². The first-order valence-corrected chi connectivity index (χ1v) is 9.05. The number of nitrogens with one attached hydrogen (secondary N) is 2. The molecule has 2 aliphatic carbocycles. The third kappa shape index (κ3) is 4.27. The summed E-state index contributed by atoms with van der Waals surface area (Å²) in [5.74, 6) is 1.65. The summed E-state index contributed by atoms with van der Waals surface area (Å²) in [6, 6.07) is 0. The summed E-state index contributed by atoms with van der Waals surface area (Å²) in [6.45, 7) is 3.63. The van der Waals surface area contributed by atoms with Gasteiger partial charge in [0.25, 0.3) is 0 Å². The quantitative estimate of drug-likeness (QED) is 0.814. The van der Waals surface area contributed by atoms with Gasteiger partial charge in [0.2, 0.25) is 5.91 Å². The predicted octanol–water partition coefficient (Wildman–Crippen LogP) is 2.99. The van der Waals surface area contributed by atoms with Gasteiger partial charge in [0.05, 0.1) is 12.2 Å². The van der Waals surface area contributed by atoms with Gasteiger partial charge in [-0.2, -0.15) is 0 Å². The Balaban J connectivity index is 1.48. The Labute approximate surface area is 130 Å². The van der Waals surface area contributed by atoms with Crippen LogP contribution < -0.4 is 10.6 Å². The molecule has 1 fully saturated rings. The van der Waals surface area contributed by atoms with Crippen LogP contribution >= 0.6 is 11.3 Å². The van der Waals surface area contributed by atoms with Crippen molar-refractivity contribution in [3.63, 3.8) is 0 Å². The van der Waals surface area contributed by atoms with Gasteiger partial charge in [-0.1, -0.05) is 19.8 Å². The molecular formula is C16H25N3OS. The van der Waals surface area contributed by atoms with Crippen LogP contribution in [-0.2, 0) is 17.6 Å². The number of amides is 1. The fraction of sp³-hybridized carbons (Fsp3) is 0.750. The van der Waals surface area contributed by atoms with Crippen LogP contribution in [0.3, 0.4) is 0 Å². The van der Waals surface area contributed by atoms with Gasteiger partial charge in [-0.05, 0) is 50.5 Å². The first-order valence-electron chi connectivity index (χ1n) is 8.23. The van der Waals surface area contributed by atoms with Crippen molar-refractivity contribution >= 4 is 22.4 Å². The molecule has 0 aliphatic heterocycles. The second-order valence-electron chi connectivity index (χ2n) is 6.41. The van der Waals surface area contributed by atoms with Crippen molar-refractivity contribution in [2.45, 2.75) is 51.9 Å². The minimum atomic E-state index is 0.0341. The van der Waals surface area contributed by atoms with Crippen LogP contribution in [0.2, 0.25) is 0 Å². The van der Waals surface area contributed by atoms with Crippen molar-refractivity contribution in [1.29, 1.82) is 0 Å². The lowest BCUT2D eigenvalue weighted by Crippen LogP contribution is -2.29. The summed E-state index contributed by atoms with van der Waals surface area (Å²) in [5, 5.41) is 6.95. The van der Waals surface area contributed by atoms with Gasteiger partial charge >= 0.3 is 0 Å². The lowest BCUT2D eigenvalue weighted by atomic mass is 9.88. The molecule has 1 saturated carbocycles. The van der Waals surface area contributed by atoms with Crippen molar-refractivity contribution in [3.8, 4) is 0 Å². The zero-order valence-corrected chi connectivity index (χ0v) is 13.6. The number of thiazole rings is 1. The molecule has 1 atom stereocenters. The van der Waals surface area contributed by atoms with Crippen molar-refractivity contribution in [2.75, 3.05) is 18.4 Å². The molecular weight excluding hydrogens is 282 g/mol. The molecule has 1 unspecified atom stereocenters. The molecule has 1 aromatic rings. The van der Waals surface area contributed by atoms with Gasteiger partial charge < -0.3 is 10.6 Å². The van der Waals surface area contributed by atoms with Crippen LogP contribution in [-0.4, -0.2) is 24.0 Å². The zero-order valence-electron chi connectivity index (χ0n) is 12.8. The van der Waals surface area contributed by atoms with Gasteiger partial charge in [-0.15, -0.1) is 11.3 Å². The van der Waals surface area contributed by atoms with E-state index < -0.39 is 0 Å². The highest BCUT2D eigenvalue weighted by atomic mass is 32.1. The normalized spacial score (nSPS) is 21.1. The molecule has 0 radical (unpaired) electrons. The highest BCUT2D eigenvalue weighted by Crippen LogP contribution is 2.34. The minimum Gasteiger partial charge on any atom is -0.308 e. The number of hydrogen-bond donors (Lipinski definition) is 2. The van der Waals surface area contributed by atoms with Crippen molar-refractivity contribution in [1.82, 2.24) is 10.3 Å². The fourth-order valence-corrected chi connectivity index (χ4v) is 4.17. The summed E-state index contributed by atoms with van der Waals surface area (Å²) in [5.41, 5.74) is 1.22. The Morgan fingerprint density at radius 2 is 2.19 bits per heavy atom. The summed E-state index contributed by atoms with van der Waals surface area (Å²) in [4.78, 5) is 17.9. The van der Waals surface area contributed by atoms with E-state index in [2.05, 4.69) is 22.5 Å². The Morgan fingerprint density at radius 3 is 2.95 bits per heavy atom. The monoisotopic (exact) mass is 307 g/mol. The number of hydrogen-bond acceptors (Lipinski definition) is 4. The zero-order chi connectivity index (χ0) is 14.7. The molecule has 21 heavy (non-hydrogen) atoms. The molecule has 4 nitrogen and oxygen atoms in total. The van der Waals surface area contributed by atoms with Gasteiger partial charge in [0, 0.05) is 4.88 Å². The predicted molar refractivity (Wildman–Crippen MR) is 86.8 cm³/mol. The number of rotatable bonds is 7. The topological polar surface area (TPSA) is 54.0 Å².